The molecule has 13 heteroatoms. The van der Waals surface area contributed by atoms with Crippen molar-refractivity contribution >= 4 is 5.69 Å². The number of hydrogen-bond donors (Lipinski definition) is 1. The standard InChI is InChI=1S/C17H13F6N5O2/c1-30-14-7-12(24)3-2-9(14)8-27-15(29)28(26-25-27)13-5-10(16(18,19)20)4-11(6-13)17(21,22)23/h2-7H,8,24H2,1H3. The molecule has 30 heavy (non-hydrogen) atoms. The van der Waals surface area contributed by atoms with E-state index in [0.29, 0.717) is 33.8 Å². The van der Waals surface area contributed by atoms with E-state index >= 15 is 0 Å². The maximum Gasteiger partial charge on any atom is 0.416 e. The van der Waals surface area contributed by atoms with Crippen LogP contribution in [-0.4, -0.2) is 26.9 Å². The summed E-state index contributed by atoms with van der Waals surface area (Å²) in [6.07, 6.45) is -10.1. The van der Waals surface area contributed by atoms with Gasteiger partial charge in [0.1, 0.15) is 5.75 Å². The molecule has 160 valence electrons. The van der Waals surface area contributed by atoms with Gasteiger partial charge in [0, 0.05) is 17.3 Å². The lowest BCUT2D eigenvalue weighted by Gasteiger charge is -2.13. The Kier molecular flexibility index (Phi) is 5.22. The first-order valence-electron chi connectivity index (χ1n) is 8.15. The van der Waals surface area contributed by atoms with Gasteiger partial charge in [0.2, 0.25) is 0 Å². The van der Waals surface area contributed by atoms with Gasteiger partial charge >= 0.3 is 18.0 Å². The Bertz CT molecular complexity index is 1100. The highest BCUT2D eigenvalue weighted by atomic mass is 19.4. The van der Waals surface area contributed by atoms with Gasteiger partial charge in [-0.05, 0) is 34.7 Å². The van der Waals surface area contributed by atoms with E-state index in [1.165, 1.54) is 25.3 Å². The van der Waals surface area contributed by atoms with E-state index in [-0.39, 0.29) is 12.6 Å². The van der Waals surface area contributed by atoms with Crippen molar-refractivity contribution < 1.29 is 31.1 Å². The molecule has 0 saturated carbocycles. The molecule has 7 nitrogen and oxygen atoms in total. The molecule has 3 rings (SSSR count). The van der Waals surface area contributed by atoms with E-state index in [1.54, 1.807) is 0 Å². The predicted molar refractivity (Wildman–Crippen MR) is 92.1 cm³/mol. The number of hydrogen-bond acceptors (Lipinski definition) is 5. The van der Waals surface area contributed by atoms with Crippen LogP contribution in [0.5, 0.6) is 5.75 Å². The molecule has 3 aromatic rings. The van der Waals surface area contributed by atoms with Crippen LogP contribution < -0.4 is 16.2 Å². The summed E-state index contributed by atoms with van der Waals surface area (Å²) < 4.78 is 84.5. The molecule has 2 aromatic carbocycles. The number of halogens is 6. The summed E-state index contributed by atoms with van der Waals surface area (Å²) in [6.45, 7) is -0.201. The Morgan fingerprint density at radius 3 is 2.10 bits per heavy atom. The van der Waals surface area contributed by atoms with Gasteiger partial charge in [-0.3, -0.25) is 0 Å². The number of methoxy groups -OCH3 is 1. The molecule has 0 aliphatic rings. The van der Waals surface area contributed by atoms with Crippen LogP contribution in [0.15, 0.2) is 41.2 Å². The number of rotatable bonds is 4. The highest BCUT2D eigenvalue weighted by Gasteiger charge is 2.37. The van der Waals surface area contributed by atoms with Gasteiger partial charge in [0.05, 0.1) is 30.5 Å². The summed E-state index contributed by atoms with van der Waals surface area (Å²) in [5, 5.41) is 6.96. The van der Waals surface area contributed by atoms with Gasteiger partial charge in [-0.2, -0.15) is 35.7 Å². The van der Waals surface area contributed by atoms with Crippen LogP contribution in [0, 0.1) is 0 Å². The molecule has 1 heterocycles. The van der Waals surface area contributed by atoms with Gasteiger partial charge in [0.25, 0.3) is 0 Å². The molecule has 0 spiro atoms. The minimum absolute atomic E-state index is 0.0435. The second-order valence-corrected chi connectivity index (χ2v) is 6.17. The average molecular weight is 433 g/mol. The maximum absolute atomic E-state index is 13.0. The molecule has 0 aliphatic heterocycles. The Labute approximate surface area is 164 Å². The summed E-state index contributed by atoms with van der Waals surface area (Å²) in [4.78, 5) is 12.5. The number of ether oxygens (including phenoxy) is 1. The number of nitrogens with zero attached hydrogens (tertiary/aromatic N) is 4. The summed E-state index contributed by atoms with van der Waals surface area (Å²) in [6, 6.07) is 5.27. The van der Waals surface area contributed by atoms with Crippen LogP contribution in [0.3, 0.4) is 0 Å². The zero-order valence-corrected chi connectivity index (χ0v) is 15.1. The van der Waals surface area contributed by atoms with Crippen molar-refractivity contribution in [2.24, 2.45) is 0 Å². The first kappa shape index (κ1) is 21.2. The van der Waals surface area contributed by atoms with Crippen LogP contribution in [-0.2, 0) is 18.9 Å². The molecule has 0 unspecified atom stereocenters. The molecule has 0 amide bonds. The van der Waals surface area contributed by atoms with Crippen LogP contribution in [0.2, 0.25) is 0 Å². The first-order valence-corrected chi connectivity index (χ1v) is 8.15. The normalized spacial score (nSPS) is 12.2. The van der Waals surface area contributed by atoms with Gasteiger partial charge in [-0.25, -0.2) is 4.79 Å². The smallest absolute Gasteiger partial charge is 0.416 e. The van der Waals surface area contributed by atoms with Crippen molar-refractivity contribution in [2.75, 3.05) is 12.8 Å². The minimum Gasteiger partial charge on any atom is -0.496 e. The van der Waals surface area contributed by atoms with Crippen molar-refractivity contribution in [3.05, 3.63) is 63.6 Å². The zero-order chi connectivity index (χ0) is 22.3. The van der Waals surface area contributed by atoms with Crippen LogP contribution in [0.25, 0.3) is 5.69 Å². The van der Waals surface area contributed by atoms with Crippen molar-refractivity contribution in [3.8, 4) is 11.4 Å². The predicted octanol–water partition coefficient (Wildman–Crippen LogP) is 3.11. The quantitative estimate of drug-likeness (QED) is 0.505. The zero-order valence-electron chi connectivity index (χ0n) is 15.1. The number of benzene rings is 2. The van der Waals surface area contributed by atoms with E-state index in [1.807, 2.05) is 0 Å². The molecule has 0 bridgehead atoms. The molecular formula is C17H13F6N5O2. The third kappa shape index (κ3) is 4.23. The van der Waals surface area contributed by atoms with E-state index in [4.69, 9.17) is 10.5 Å². The molecule has 0 fully saturated rings. The monoisotopic (exact) mass is 433 g/mol. The number of nitrogens with two attached hydrogens (primary N) is 1. The summed E-state index contributed by atoms with van der Waals surface area (Å²) in [5.41, 5.74) is 1.56. The van der Waals surface area contributed by atoms with Gasteiger partial charge in [-0.1, -0.05) is 6.07 Å². The van der Waals surface area contributed by atoms with Gasteiger partial charge in [0.15, 0.2) is 0 Å². The fraction of sp³-hybridized carbons (Fsp3) is 0.235. The number of anilines is 1. The highest BCUT2D eigenvalue weighted by Crippen LogP contribution is 2.36. The summed E-state index contributed by atoms with van der Waals surface area (Å²) in [5.74, 6) is 0.315. The van der Waals surface area contributed by atoms with Crippen LogP contribution in [0.1, 0.15) is 16.7 Å². The maximum atomic E-state index is 13.0. The molecule has 0 aliphatic carbocycles. The second kappa shape index (κ2) is 7.39. The topological polar surface area (TPSA) is 88.0 Å². The van der Waals surface area contributed by atoms with Crippen LogP contribution in [0.4, 0.5) is 32.0 Å². The molecule has 0 radical (unpaired) electrons. The van der Waals surface area contributed by atoms with Crippen molar-refractivity contribution in [3.63, 3.8) is 0 Å². The molecular weight excluding hydrogens is 420 g/mol. The van der Waals surface area contributed by atoms with Crippen molar-refractivity contribution in [2.45, 2.75) is 18.9 Å². The Morgan fingerprint density at radius 2 is 1.57 bits per heavy atom. The Morgan fingerprint density at radius 1 is 0.967 bits per heavy atom. The van der Waals surface area contributed by atoms with E-state index in [9.17, 15) is 31.1 Å². The largest absolute Gasteiger partial charge is 0.496 e. The summed E-state index contributed by atoms with van der Waals surface area (Å²) in [7, 11) is 1.36. The summed E-state index contributed by atoms with van der Waals surface area (Å²) >= 11 is 0. The number of aromatic nitrogens is 4. The third-order valence-electron chi connectivity index (χ3n) is 4.09. The SMILES string of the molecule is COc1cc(N)ccc1Cn1nnn(-c2cc(C(F)(F)F)cc(C(F)(F)F)c2)c1=O. The lowest BCUT2D eigenvalue weighted by molar-refractivity contribution is -0.143. The number of tetrazole rings is 1. The Balaban J connectivity index is 2.07. The fourth-order valence-electron chi connectivity index (χ4n) is 2.65. The molecule has 2 N–H and O–H groups in total. The van der Waals surface area contributed by atoms with Crippen molar-refractivity contribution in [1.29, 1.82) is 0 Å². The van der Waals surface area contributed by atoms with E-state index < -0.39 is 34.9 Å². The lowest BCUT2D eigenvalue weighted by Crippen LogP contribution is -2.25. The van der Waals surface area contributed by atoms with Crippen LogP contribution >= 0.6 is 0 Å². The highest BCUT2D eigenvalue weighted by molar-refractivity contribution is 5.48. The minimum atomic E-state index is -5.06. The third-order valence-corrected chi connectivity index (χ3v) is 4.09. The fourth-order valence-corrected chi connectivity index (χ4v) is 2.65. The Hall–Kier alpha value is -3.51. The van der Waals surface area contributed by atoms with E-state index in [2.05, 4.69) is 10.4 Å². The molecule has 0 saturated heterocycles. The van der Waals surface area contributed by atoms with Gasteiger partial charge < -0.3 is 10.5 Å². The molecule has 0 atom stereocenters. The number of nitrogen functional groups attached to an aromatic ring is 1. The second-order valence-electron chi connectivity index (χ2n) is 6.17. The molecule has 1 aromatic heterocycles. The van der Waals surface area contributed by atoms with Gasteiger partial charge in [-0.15, -0.1) is 0 Å². The van der Waals surface area contributed by atoms with E-state index in [0.717, 1.165) is 4.68 Å². The first-order chi connectivity index (χ1) is 13.9. The lowest BCUT2D eigenvalue weighted by atomic mass is 10.1. The van der Waals surface area contributed by atoms with Crippen molar-refractivity contribution in [1.82, 2.24) is 19.8 Å². The number of alkyl halides is 6. The average Bonchev–Trinajstić information content (AvgIpc) is 3.01.